The lowest BCUT2D eigenvalue weighted by Gasteiger charge is -2.07. The molecule has 1 heterocycles. The van der Waals surface area contributed by atoms with Crippen molar-refractivity contribution in [3.8, 4) is 11.3 Å². The van der Waals surface area contributed by atoms with Crippen molar-refractivity contribution in [2.24, 2.45) is 0 Å². The Morgan fingerprint density at radius 1 is 1.04 bits per heavy atom. The van der Waals surface area contributed by atoms with Gasteiger partial charge >= 0.3 is 11.9 Å². The molecule has 0 fully saturated rings. The van der Waals surface area contributed by atoms with Gasteiger partial charge in [-0.2, -0.15) is 0 Å². The van der Waals surface area contributed by atoms with Gasteiger partial charge in [-0.1, -0.05) is 0 Å². The Morgan fingerprint density at radius 2 is 1.67 bits per heavy atom. The first-order valence-corrected chi connectivity index (χ1v) is 8.96. The molecule has 7 nitrogen and oxygen atoms in total. The van der Waals surface area contributed by atoms with Crippen LogP contribution in [0.15, 0.2) is 34.7 Å². The fraction of sp³-hybridized carbons (Fsp3) is 0.400. The molecule has 1 aromatic carbocycles. The number of carbonyl (C=O) groups is 2. The van der Waals surface area contributed by atoms with Gasteiger partial charge < -0.3 is 24.1 Å². The standard InChI is InChI=1S/C20H26N2O5/c1-22(2)9-5-8-21-13-17-6-7-18(27-17)14-10-15(19(23)25-3)12-16(11-14)20(24)26-4/h6-7,10-12,21H,5,8-9,13H2,1-4H3/p+2. The Labute approximate surface area is 159 Å². The lowest BCUT2D eigenvalue weighted by atomic mass is 10.0. The van der Waals surface area contributed by atoms with Gasteiger partial charge in [-0.05, 0) is 30.3 Å². The number of quaternary nitrogens is 2. The van der Waals surface area contributed by atoms with Crippen molar-refractivity contribution in [1.82, 2.24) is 0 Å². The molecule has 7 heteroatoms. The van der Waals surface area contributed by atoms with Crippen molar-refractivity contribution < 1.29 is 33.7 Å². The average Bonchev–Trinajstić information content (AvgIpc) is 3.14. The van der Waals surface area contributed by atoms with Crippen molar-refractivity contribution in [2.45, 2.75) is 13.0 Å². The summed E-state index contributed by atoms with van der Waals surface area (Å²) in [7, 11) is 6.88. The second-order valence-electron chi connectivity index (χ2n) is 6.64. The van der Waals surface area contributed by atoms with E-state index in [0.717, 1.165) is 31.8 Å². The largest absolute Gasteiger partial charge is 0.465 e. The van der Waals surface area contributed by atoms with E-state index < -0.39 is 11.9 Å². The minimum absolute atomic E-state index is 0.270. The van der Waals surface area contributed by atoms with Crippen LogP contribution >= 0.6 is 0 Å². The number of benzene rings is 1. The number of hydrogen-bond acceptors (Lipinski definition) is 5. The van der Waals surface area contributed by atoms with Crippen LogP contribution in [0.5, 0.6) is 0 Å². The van der Waals surface area contributed by atoms with E-state index in [0.29, 0.717) is 11.3 Å². The first kappa shape index (κ1) is 20.7. The minimum atomic E-state index is -0.523. The number of methoxy groups -OCH3 is 2. The molecule has 27 heavy (non-hydrogen) atoms. The summed E-state index contributed by atoms with van der Waals surface area (Å²) in [6.45, 7) is 2.91. The van der Waals surface area contributed by atoms with Crippen LogP contribution in [0, 0.1) is 0 Å². The number of furan rings is 1. The fourth-order valence-electron chi connectivity index (χ4n) is 2.73. The molecule has 0 saturated heterocycles. The Bertz CT molecular complexity index is 748. The summed E-state index contributed by atoms with van der Waals surface area (Å²) in [5.41, 5.74) is 1.16. The zero-order valence-corrected chi connectivity index (χ0v) is 16.3. The van der Waals surface area contributed by atoms with Gasteiger partial charge in [0.1, 0.15) is 12.3 Å². The van der Waals surface area contributed by atoms with Gasteiger partial charge in [-0.25, -0.2) is 9.59 Å². The summed E-state index contributed by atoms with van der Waals surface area (Å²) in [6, 6.07) is 8.48. The van der Waals surface area contributed by atoms with E-state index in [2.05, 4.69) is 19.4 Å². The van der Waals surface area contributed by atoms with Gasteiger partial charge in [0, 0.05) is 12.0 Å². The molecule has 0 aliphatic carbocycles. The van der Waals surface area contributed by atoms with E-state index in [4.69, 9.17) is 13.9 Å². The highest BCUT2D eigenvalue weighted by Crippen LogP contribution is 2.25. The zero-order valence-electron chi connectivity index (χ0n) is 16.3. The highest BCUT2D eigenvalue weighted by atomic mass is 16.5. The first-order chi connectivity index (χ1) is 12.9. The zero-order chi connectivity index (χ0) is 19.8. The minimum Gasteiger partial charge on any atom is -0.465 e. The molecule has 0 atom stereocenters. The van der Waals surface area contributed by atoms with E-state index in [1.54, 1.807) is 12.1 Å². The maximum atomic E-state index is 11.9. The number of ether oxygens (including phenoxy) is 2. The number of nitrogens with two attached hydrogens (primary N) is 1. The highest BCUT2D eigenvalue weighted by Gasteiger charge is 2.16. The number of carbonyl (C=O) groups excluding carboxylic acids is 2. The van der Waals surface area contributed by atoms with Gasteiger partial charge in [0.2, 0.25) is 0 Å². The quantitative estimate of drug-likeness (QED) is 0.480. The average molecular weight is 376 g/mol. The molecule has 0 aliphatic rings. The number of esters is 2. The summed E-state index contributed by atoms with van der Waals surface area (Å²) in [6.07, 6.45) is 1.14. The summed E-state index contributed by atoms with van der Waals surface area (Å²) in [5.74, 6) is 0.382. The van der Waals surface area contributed by atoms with Crippen LogP contribution in [-0.4, -0.2) is 53.3 Å². The summed E-state index contributed by atoms with van der Waals surface area (Å²) >= 11 is 0. The van der Waals surface area contributed by atoms with Crippen molar-refractivity contribution in [1.29, 1.82) is 0 Å². The van der Waals surface area contributed by atoms with E-state index in [-0.39, 0.29) is 11.1 Å². The van der Waals surface area contributed by atoms with Crippen molar-refractivity contribution >= 4 is 11.9 Å². The monoisotopic (exact) mass is 376 g/mol. The van der Waals surface area contributed by atoms with Crippen molar-refractivity contribution in [3.63, 3.8) is 0 Å². The van der Waals surface area contributed by atoms with E-state index in [1.807, 2.05) is 12.1 Å². The number of hydrogen-bond donors (Lipinski definition) is 2. The molecule has 0 amide bonds. The van der Waals surface area contributed by atoms with Gasteiger partial charge in [0.25, 0.3) is 0 Å². The molecule has 1 aromatic heterocycles. The second kappa shape index (κ2) is 9.89. The predicted octanol–water partition coefficient (Wildman–Crippen LogP) is 0.118. The van der Waals surface area contributed by atoms with Crippen LogP contribution in [-0.2, 0) is 16.0 Å². The molecule has 0 bridgehead atoms. The van der Waals surface area contributed by atoms with Crippen LogP contribution < -0.4 is 10.2 Å². The van der Waals surface area contributed by atoms with Gasteiger partial charge in [-0.3, -0.25) is 0 Å². The van der Waals surface area contributed by atoms with Crippen molar-refractivity contribution in [2.75, 3.05) is 41.4 Å². The van der Waals surface area contributed by atoms with Crippen LogP contribution in [0.3, 0.4) is 0 Å². The van der Waals surface area contributed by atoms with Gasteiger partial charge in [0.05, 0.1) is 52.5 Å². The van der Waals surface area contributed by atoms with E-state index in [9.17, 15) is 9.59 Å². The Kier molecular flexibility index (Phi) is 7.57. The van der Waals surface area contributed by atoms with Crippen molar-refractivity contribution in [3.05, 3.63) is 47.2 Å². The van der Waals surface area contributed by atoms with Crippen LogP contribution in [0.2, 0.25) is 0 Å². The Morgan fingerprint density at radius 3 is 2.22 bits per heavy atom. The molecule has 3 N–H and O–H groups in total. The number of nitrogens with one attached hydrogen (secondary N) is 1. The smallest absolute Gasteiger partial charge is 0.337 e. The molecule has 2 aromatic rings. The second-order valence-corrected chi connectivity index (χ2v) is 6.64. The van der Waals surface area contributed by atoms with Crippen LogP contribution in [0.1, 0.15) is 32.9 Å². The SMILES string of the molecule is COC(=O)c1cc(C(=O)OC)cc(-c2ccc(C[NH2+]CCC[NH+](C)C)o2)c1. The molecule has 0 aliphatic heterocycles. The third-order valence-corrected chi connectivity index (χ3v) is 4.15. The lowest BCUT2D eigenvalue weighted by molar-refractivity contribution is -0.860. The summed E-state index contributed by atoms with van der Waals surface area (Å²) in [4.78, 5) is 25.2. The molecular weight excluding hydrogens is 348 g/mol. The Balaban J connectivity index is 2.14. The fourth-order valence-corrected chi connectivity index (χ4v) is 2.73. The summed E-state index contributed by atoms with van der Waals surface area (Å²) < 4.78 is 15.4. The normalized spacial score (nSPS) is 10.9. The van der Waals surface area contributed by atoms with Gasteiger partial charge in [0.15, 0.2) is 5.76 Å². The molecule has 0 saturated carbocycles. The highest BCUT2D eigenvalue weighted by molar-refractivity contribution is 5.97. The Hall–Kier alpha value is -2.64. The molecule has 0 unspecified atom stereocenters. The van der Waals surface area contributed by atoms with Gasteiger partial charge in [-0.15, -0.1) is 0 Å². The third kappa shape index (κ3) is 5.94. The lowest BCUT2D eigenvalue weighted by Crippen LogP contribution is -3.06. The predicted molar refractivity (Wildman–Crippen MR) is 99.6 cm³/mol. The third-order valence-electron chi connectivity index (χ3n) is 4.15. The topological polar surface area (TPSA) is 86.8 Å². The molecular formula is C20H28N2O5+2. The van der Waals surface area contributed by atoms with Crippen LogP contribution in [0.4, 0.5) is 0 Å². The van der Waals surface area contributed by atoms with E-state index in [1.165, 1.54) is 25.2 Å². The summed E-state index contributed by atoms with van der Waals surface area (Å²) in [5, 5.41) is 2.20. The first-order valence-electron chi connectivity index (χ1n) is 8.96. The maximum Gasteiger partial charge on any atom is 0.337 e. The number of rotatable bonds is 9. The van der Waals surface area contributed by atoms with Crippen LogP contribution in [0.25, 0.3) is 11.3 Å². The van der Waals surface area contributed by atoms with E-state index >= 15 is 0 Å². The maximum absolute atomic E-state index is 11.9. The molecule has 146 valence electrons. The molecule has 0 spiro atoms. The molecule has 0 radical (unpaired) electrons. The molecule has 2 rings (SSSR count).